The predicted octanol–water partition coefficient (Wildman–Crippen LogP) is 13.2. The standard InChI is InChI=1S/C55H50O/c1-35(32-48-37(3)55(6,7)51-28-18-15-25-45(48)51)39-20-10-8-9-11-22-42(44-24-13-12-23-43(39)44)38-33-49-40(30-31-47-46-26-16-19-29-52(46)56-53(47)49)36(2)41-21-14-17-27-50(41)54(4,5)34-38/h10-33,36H,1,3,8-9,34H2,2,4-7H3/b20-10+,22-11+,38-33+,43-39+,44-42+,48-32+. The number of hydrogen-bond donors (Lipinski definition) is 0. The zero-order chi connectivity index (χ0) is 38.8. The van der Waals surface area contributed by atoms with Crippen LogP contribution in [0.4, 0.5) is 0 Å². The van der Waals surface area contributed by atoms with Gasteiger partial charge in [0.1, 0.15) is 11.2 Å². The van der Waals surface area contributed by atoms with Crippen molar-refractivity contribution < 1.29 is 4.42 Å². The predicted molar refractivity (Wildman–Crippen MR) is 239 cm³/mol. The van der Waals surface area contributed by atoms with Gasteiger partial charge >= 0.3 is 0 Å². The van der Waals surface area contributed by atoms with E-state index in [1.807, 2.05) is 0 Å². The first-order valence-electron chi connectivity index (χ1n) is 20.2. The smallest absolute Gasteiger partial charge is 0.142 e. The van der Waals surface area contributed by atoms with E-state index in [0.29, 0.717) is 0 Å². The first-order valence-corrected chi connectivity index (χ1v) is 20.2. The molecule has 0 aliphatic heterocycles. The van der Waals surface area contributed by atoms with Gasteiger partial charge in [0.05, 0.1) is 0 Å². The molecule has 3 aliphatic carbocycles. The van der Waals surface area contributed by atoms with Crippen LogP contribution in [0.2, 0.25) is 0 Å². The highest BCUT2D eigenvalue weighted by Crippen LogP contribution is 2.49. The van der Waals surface area contributed by atoms with Crippen LogP contribution in [0.15, 0.2) is 174 Å². The van der Waals surface area contributed by atoms with Gasteiger partial charge in [-0.15, -0.1) is 0 Å². The summed E-state index contributed by atoms with van der Waals surface area (Å²) in [5, 5.41) is 4.69. The lowest BCUT2D eigenvalue weighted by Gasteiger charge is -2.30. The molecule has 1 nitrogen and oxygen atoms in total. The van der Waals surface area contributed by atoms with Gasteiger partial charge in [-0.2, -0.15) is 0 Å². The normalized spacial score (nSPS) is 23.4. The van der Waals surface area contributed by atoms with Crippen LogP contribution < -0.4 is 10.4 Å². The van der Waals surface area contributed by atoms with Crippen molar-refractivity contribution in [2.45, 2.75) is 70.6 Å². The number of furan rings is 1. The molecule has 1 aromatic heterocycles. The molecule has 1 heteroatoms. The van der Waals surface area contributed by atoms with Crippen LogP contribution in [0.1, 0.15) is 93.2 Å². The zero-order valence-corrected chi connectivity index (χ0v) is 33.4. The average Bonchev–Trinajstić information content (AvgIpc) is 3.68. The number of allylic oxidation sites excluding steroid dienone is 9. The Balaban J connectivity index is 1.35. The van der Waals surface area contributed by atoms with E-state index in [0.717, 1.165) is 57.9 Å². The Morgan fingerprint density at radius 2 is 1.39 bits per heavy atom. The first kappa shape index (κ1) is 35.8. The van der Waals surface area contributed by atoms with Gasteiger partial charge in [0.2, 0.25) is 0 Å². The fourth-order valence-corrected chi connectivity index (χ4v) is 9.61. The van der Waals surface area contributed by atoms with Gasteiger partial charge in [-0.1, -0.05) is 175 Å². The van der Waals surface area contributed by atoms with Gasteiger partial charge in [-0.05, 0) is 115 Å². The number of hydrogen-bond acceptors (Lipinski definition) is 1. The fourth-order valence-electron chi connectivity index (χ4n) is 9.61. The van der Waals surface area contributed by atoms with E-state index in [4.69, 9.17) is 11.0 Å². The summed E-state index contributed by atoms with van der Waals surface area (Å²) < 4.78 is 6.81. The zero-order valence-electron chi connectivity index (χ0n) is 33.4. The molecule has 5 aromatic carbocycles. The third kappa shape index (κ3) is 5.84. The molecule has 0 saturated heterocycles. The second-order valence-electron chi connectivity index (χ2n) is 17.1. The lowest BCUT2D eigenvalue weighted by molar-refractivity contribution is 0.520. The topological polar surface area (TPSA) is 13.1 Å². The van der Waals surface area contributed by atoms with Gasteiger partial charge < -0.3 is 4.42 Å². The Labute approximate surface area is 331 Å². The highest BCUT2D eigenvalue weighted by Gasteiger charge is 2.36. The van der Waals surface area contributed by atoms with E-state index < -0.39 is 0 Å². The lowest BCUT2D eigenvalue weighted by Crippen LogP contribution is -2.30. The summed E-state index contributed by atoms with van der Waals surface area (Å²) in [6, 6.07) is 39.8. The number of benzene rings is 5. The molecule has 3 aliphatic rings. The van der Waals surface area contributed by atoms with Crippen LogP contribution in [0.3, 0.4) is 0 Å². The van der Waals surface area contributed by atoms with Gasteiger partial charge in [-0.3, -0.25) is 0 Å². The number of rotatable bonds is 3. The Morgan fingerprint density at radius 3 is 2.21 bits per heavy atom. The van der Waals surface area contributed by atoms with E-state index in [1.54, 1.807) is 0 Å². The summed E-state index contributed by atoms with van der Waals surface area (Å²) in [6.45, 7) is 21.2. The molecular formula is C55H50O. The summed E-state index contributed by atoms with van der Waals surface area (Å²) in [4.78, 5) is 0. The van der Waals surface area contributed by atoms with Crippen molar-refractivity contribution in [1.29, 1.82) is 0 Å². The molecule has 1 heterocycles. The molecule has 6 aromatic rings. The minimum atomic E-state index is -0.152. The molecule has 9 rings (SSSR count). The minimum absolute atomic E-state index is 0.142. The second-order valence-corrected chi connectivity index (χ2v) is 17.1. The van der Waals surface area contributed by atoms with E-state index in [2.05, 4.69) is 187 Å². The van der Waals surface area contributed by atoms with Gasteiger partial charge in [0, 0.05) is 27.7 Å². The quantitative estimate of drug-likeness (QED) is 0.177. The van der Waals surface area contributed by atoms with Crippen molar-refractivity contribution in [3.63, 3.8) is 0 Å². The maximum Gasteiger partial charge on any atom is 0.142 e. The Hall–Kier alpha value is -5.92. The molecule has 0 fully saturated rings. The SMILES string of the molecule is C=C(/C=C1\C(=C)C(C)(C)c2ccccc21)C1=c2/cccc/c2=C(\C2=C\c3c(ccc4c3oc3ccccc34)C(C)c3ccccc3C(C)(C)C2)/C=C/CC/C=C/1. The van der Waals surface area contributed by atoms with Gasteiger partial charge in [0.25, 0.3) is 0 Å². The third-order valence-electron chi connectivity index (χ3n) is 12.8. The summed E-state index contributed by atoms with van der Waals surface area (Å²) in [5.74, 6) is 0.174. The number of fused-ring (bicyclic) bond motifs is 8. The molecule has 0 amide bonds. The largest absolute Gasteiger partial charge is 0.455 e. The Kier molecular flexibility index (Phi) is 8.73. The van der Waals surface area contributed by atoms with Crippen LogP contribution in [0.25, 0.3) is 44.7 Å². The second kappa shape index (κ2) is 13.7. The van der Waals surface area contributed by atoms with Crippen LogP contribution in [0, 0.1) is 0 Å². The summed E-state index contributed by atoms with van der Waals surface area (Å²) in [7, 11) is 0. The molecule has 0 spiro atoms. The molecule has 0 radical (unpaired) electrons. The molecule has 56 heavy (non-hydrogen) atoms. The van der Waals surface area contributed by atoms with E-state index in [-0.39, 0.29) is 16.7 Å². The highest BCUT2D eigenvalue weighted by atomic mass is 16.3. The Morgan fingerprint density at radius 1 is 0.714 bits per heavy atom. The van der Waals surface area contributed by atoms with Crippen LogP contribution in [-0.4, -0.2) is 0 Å². The number of para-hydroxylation sites is 1. The monoisotopic (exact) mass is 726 g/mol. The van der Waals surface area contributed by atoms with Crippen molar-refractivity contribution in [1.82, 2.24) is 0 Å². The molecular weight excluding hydrogens is 677 g/mol. The van der Waals surface area contributed by atoms with Crippen molar-refractivity contribution >= 4 is 44.7 Å². The van der Waals surface area contributed by atoms with Crippen molar-refractivity contribution in [2.24, 2.45) is 0 Å². The van der Waals surface area contributed by atoms with Crippen molar-refractivity contribution in [2.75, 3.05) is 0 Å². The van der Waals surface area contributed by atoms with E-state index in [1.165, 1.54) is 60.5 Å². The molecule has 1 unspecified atom stereocenters. The van der Waals surface area contributed by atoms with Crippen LogP contribution >= 0.6 is 0 Å². The van der Waals surface area contributed by atoms with Crippen LogP contribution in [-0.2, 0) is 10.8 Å². The first-order chi connectivity index (χ1) is 27.0. The van der Waals surface area contributed by atoms with Gasteiger partial charge in [0.15, 0.2) is 0 Å². The van der Waals surface area contributed by atoms with E-state index >= 15 is 0 Å². The minimum Gasteiger partial charge on any atom is -0.455 e. The summed E-state index contributed by atoms with van der Waals surface area (Å²) in [6.07, 6.45) is 16.9. The van der Waals surface area contributed by atoms with Crippen LogP contribution in [0.5, 0.6) is 0 Å². The Bertz CT molecular complexity index is 2870. The fraction of sp³-hybridized carbons (Fsp3) is 0.200. The third-order valence-corrected chi connectivity index (χ3v) is 12.8. The van der Waals surface area contributed by atoms with E-state index in [9.17, 15) is 0 Å². The highest BCUT2D eigenvalue weighted by molar-refractivity contribution is 6.08. The molecule has 0 bridgehead atoms. The molecule has 276 valence electrons. The molecule has 0 N–H and O–H groups in total. The summed E-state index contributed by atoms with van der Waals surface area (Å²) in [5.41, 5.74) is 16.3. The van der Waals surface area contributed by atoms with Crippen molar-refractivity contribution in [3.05, 3.63) is 213 Å². The maximum atomic E-state index is 6.81. The molecule has 0 saturated carbocycles. The molecule has 1 atom stereocenters. The van der Waals surface area contributed by atoms with Crippen molar-refractivity contribution in [3.8, 4) is 0 Å². The lowest BCUT2D eigenvalue weighted by atomic mass is 9.74. The van der Waals surface area contributed by atoms with Gasteiger partial charge in [-0.25, -0.2) is 0 Å². The maximum absolute atomic E-state index is 6.81. The average molecular weight is 727 g/mol. The summed E-state index contributed by atoms with van der Waals surface area (Å²) >= 11 is 0.